The number of rotatable bonds is 16. The van der Waals surface area contributed by atoms with Crippen LogP contribution in [0.15, 0.2) is 101 Å². The molecule has 4 fully saturated rings. The Morgan fingerprint density at radius 3 is 2.30 bits per heavy atom. The van der Waals surface area contributed by atoms with E-state index in [1.54, 1.807) is 12.1 Å². The van der Waals surface area contributed by atoms with Gasteiger partial charge in [-0.15, -0.1) is 0 Å². The highest BCUT2D eigenvalue weighted by Crippen LogP contribution is 2.68. The zero-order valence-corrected chi connectivity index (χ0v) is 37.8. The first-order chi connectivity index (χ1) is 29.5. The normalized spacial score (nSPS) is 31.7. The number of ether oxygens (including phenoxy) is 2. The molecule has 1 saturated heterocycles. The molecule has 1 heterocycles. The minimum atomic E-state index is -0.320. The van der Waals surface area contributed by atoms with Crippen molar-refractivity contribution in [3.05, 3.63) is 102 Å². The highest BCUT2D eigenvalue weighted by molar-refractivity contribution is 5.90. The number of azo groups is 1. The summed E-state index contributed by atoms with van der Waals surface area (Å²) in [6.45, 7) is 16.4. The van der Waals surface area contributed by atoms with Crippen LogP contribution >= 0.6 is 0 Å². The zero-order valence-electron chi connectivity index (χ0n) is 37.8. The van der Waals surface area contributed by atoms with Gasteiger partial charge < -0.3 is 19.5 Å². The van der Waals surface area contributed by atoms with Crippen LogP contribution in [0.1, 0.15) is 140 Å². The van der Waals surface area contributed by atoms with Crippen LogP contribution in [0.3, 0.4) is 0 Å². The third-order valence-electron chi connectivity index (χ3n) is 16.5. The van der Waals surface area contributed by atoms with Crippen LogP contribution in [0.5, 0.6) is 5.75 Å². The van der Waals surface area contributed by atoms with Gasteiger partial charge in [0.2, 0.25) is 0 Å². The molecule has 7 heteroatoms. The van der Waals surface area contributed by atoms with E-state index < -0.39 is 0 Å². The molecule has 8 rings (SSSR count). The van der Waals surface area contributed by atoms with Crippen molar-refractivity contribution in [2.75, 3.05) is 26.2 Å². The second kappa shape index (κ2) is 19.3. The summed E-state index contributed by atoms with van der Waals surface area (Å²) in [5.41, 5.74) is 5.10. The van der Waals surface area contributed by atoms with Gasteiger partial charge in [-0.1, -0.05) is 89.8 Å². The SMILES string of the molecule is CC(C)CCCC(C)C1CCC2C3C(O)CC4=CC(OC(=O)c5ccc(N=Nc6ccc(OCCCCN7CCC(c8ccccc8)C7)cc6)cc5)CCC4(C)C3CCC12C. The van der Waals surface area contributed by atoms with Crippen LogP contribution in [0.4, 0.5) is 11.4 Å². The van der Waals surface area contributed by atoms with E-state index in [-0.39, 0.29) is 23.6 Å². The van der Waals surface area contributed by atoms with Gasteiger partial charge >= 0.3 is 5.97 Å². The first-order valence-electron chi connectivity index (χ1n) is 24.1. The Morgan fingerprint density at radius 1 is 0.820 bits per heavy atom. The predicted molar refractivity (Wildman–Crippen MR) is 246 cm³/mol. The summed E-state index contributed by atoms with van der Waals surface area (Å²) >= 11 is 0. The summed E-state index contributed by atoms with van der Waals surface area (Å²) in [7, 11) is 0. The van der Waals surface area contributed by atoms with Gasteiger partial charge in [0.15, 0.2) is 0 Å². The molecule has 0 radical (unpaired) electrons. The Morgan fingerprint density at radius 2 is 1.56 bits per heavy atom. The molecule has 0 spiro atoms. The van der Waals surface area contributed by atoms with Crippen molar-refractivity contribution in [3.8, 4) is 5.75 Å². The summed E-state index contributed by atoms with van der Waals surface area (Å²) in [6.07, 6.45) is 16.6. The van der Waals surface area contributed by atoms with Gasteiger partial charge in [0.1, 0.15) is 11.9 Å². The number of hydrogen-bond acceptors (Lipinski definition) is 7. The summed E-state index contributed by atoms with van der Waals surface area (Å²) < 4.78 is 12.1. The Balaban J connectivity index is 0.780. The molecular weight excluding hydrogens is 755 g/mol. The van der Waals surface area contributed by atoms with Crippen LogP contribution < -0.4 is 4.74 Å². The number of aliphatic hydroxyl groups is 1. The highest BCUT2D eigenvalue weighted by Gasteiger charge is 2.61. The predicted octanol–water partition coefficient (Wildman–Crippen LogP) is 13.3. The second-order valence-electron chi connectivity index (χ2n) is 20.7. The number of nitrogens with zero attached hydrogens (tertiary/aromatic N) is 3. The van der Waals surface area contributed by atoms with Crippen LogP contribution in [-0.2, 0) is 4.74 Å². The number of benzene rings is 3. The molecule has 10 atom stereocenters. The summed E-state index contributed by atoms with van der Waals surface area (Å²) in [6, 6.07) is 25.8. The van der Waals surface area contributed by atoms with E-state index in [1.807, 2.05) is 36.4 Å². The average Bonchev–Trinajstić information content (AvgIpc) is 3.88. The molecular formula is C54H73N3O4. The van der Waals surface area contributed by atoms with E-state index in [0.717, 1.165) is 68.0 Å². The van der Waals surface area contributed by atoms with Crippen LogP contribution in [0, 0.1) is 46.3 Å². The van der Waals surface area contributed by atoms with E-state index >= 15 is 0 Å². The second-order valence-corrected chi connectivity index (χ2v) is 20.7. The van der Waals surface area contributed by atoms with Gasteiger partial charge in [-0.2, -0.15) is 10.2 Å². The van der Waals surface area contributed by atoms with E-state index in [4.69, 9.17) is 9.47 Å². The lowest BCUT2D eigenvalue weighted by Crippen LogP contribution is -2.55. The lowest BCUT2D eigenvalue weighted by Gasteiger charge is -2.60. The number of unbranched alkanes of at least 4 members (excludes halogenated alkanes) is 1. The van der Waals surface area contributed by atoms with Crippen LogP contribution in [0.2, 0.25) is 0 Å². The van der Waals surface area contributed by atoms with E-state index in [2.05, 4.69) is 86.2 Å². The molecule has 0 bridgehead atoms. The topological polar surface area (TPSA) is 83.7 Å². The fourth-order valence-electron chi connectivity index (χ4n) is 13.0. The van der Waals surface area contributed by atoms with Crippen LogP contribution in [-0.4, -0.2) is 54.4 Å². The lowest BCUT2D eigenvalue weighted by molar-refractivity contribution is -0.115. The Bertz CT molecular complexity index is 1960. The van der Waals surface area contributed by atoms with Gasteiger partial charge in [-0.05, 0) is 190 Å². The number of esters is 1. The smallest absolute Gasteiger partial charge is 0.338 e. The molecule has 10 unspecified atom stereocenters. The quantitative estimate of drug-likeness (QED) is 0.0673. The number of hydrogen-bond donors (Lipinski definition) is 1. The third kappa shape index (κ3) is 9.89. The summed E-state index contributed by atoms with van der Waals surface area (Å²) in [5, 5.41) is 20.7. The number of aliphatic hydroxyl groups excluding tert-OH is 1. The minimum absolute atomic E-state index is 0.0657. The van der Waals surface area contributed by atoms with Gasteiger partial charge in [-0.3, -0.25) is 0 Å². The maximum Gasteiger partial charge on any atom is 0.338 e. The maximum atomic E-state index is 13.4. The van der Waals surface area contributed by atoms with Crippen molar-refractivity contribution in [2.24, 2.45) is 56.6 Å². The van der Waals surface area contributed by atoms with E-state index in [1.165, 1.54) is 69.0 Å². The minimum Gasteiger partial charge on any atom is -0.494 e. The fraction of sp³-hybridized carbons (Fsp3) is 0.611. The molecule has 4 aliphatic carbocycles. The van der Waals surface area contributed by atoms with Crippen molar-refractivity contribution in [1.82, 2.24) is 4.90 Å². The van der Waals surface area contributed by atoms with Gasteiger partial charge in [0, 0.05) is 6.54 Å². The largest absolute Gasteiger partial charge is 0.494 e. The first-order valence-corrected chi connectivity index (χ1v) is 24.1. The molecule has 7 nitrogen and oxygen atoms in total. The molecule has 1 aliphatic heterocycles. The van der Waals surface area contributed by atoms with Crippen molar-refractivity contribution in [1.29, 1.82) is 0 Å². The third-order valence-corrected chi connectivity index (χ3v) is 16.5. The Hall–Kier alpha value is -3.81. The molecule has 0 aromatic heterocycles. The molecule has 0 amide bonds. The lowest BCUT2D eigenvalue weighted by atomic mass is 9.45. The van der Waals surface area contributed by atoms with Gasteiger partial charge in [0.05, 0.1) is 29.6 Å². The van der Waals surface area contributed by atoms with Crippen molar-refractivity contribution >= 4 is 17.3 Å². The standard InChI is InChI=1S/C54H73N3O4/c1-37(2)12-11-13-38(3)47-24-25-48-51-49(27-30-54(47,48)5)53(4)29-26-46(34-42(53)35-50(51)58)61-52(59)40-16-18-43(19-17-40)55-56-44-20-22-45(23-21-44)60-33-10-9-31-57-32-28-41(36-57)39-14-7-6-8-15-39/h6-8,14-23,34,37-38,41,46-51,58H,9-13,24-33,35-36H2,1-5H3. The van der Waals surface area contributed by atoms with Gasteiger partial charge in [0.25, 0.3) is 0 Å². The van der Waals surface area contributed by atoms with Gasteiger partial charge in [-0.25, -0.2) is 4.79 Å². The number of likely N-dealkylation sites (tertiary alicyclic amines) is 1. The average molecular weight is 828 g/mol. The molecule has 3 saturated carbocycles. The number of carbonyl (C=O) groups is 1. The zero-order chi connectivity index (χ0) is 42.6. The van der Waals surface area contributed by atoms with E-state index in [9.17, 15) is 9.90 Å². The first kappa shape index (κ1) is 43.8. The molecule has 3 aromatic carbocycles. The van der Waals surface area contributed by atoms with Crippen molar-refractivity contribution < 1.29 is 19.4 Å². The molecule has 61 heavy (non-hydrogen) atoms. The maximum absolute atomic E-state index is 13.4. The van der Waals surface area contributed by atoms with E-state index in [0.29, 0.717) is 53.4 Å². The number of fused-ring (bicyclic) bond motifs is 5. The fourth-order valence-corrected chi connectivity index (χ4v) is 13.0. The van der Waals surface area contributed by atoms with Crippen molar-refractivity contribution in [3.63, 3.8) is 0 Å². The summed E-state index contributed by atoms with van der Waals surface area (Å²) in [5.74, 6) is 4.96. The molecule has 3 aromatic rings. The molecule has 1 N–H and O–H groups in total. The van der Waals surface area contributed by atoms with Crippen LogP contribution in [0.25, 0.3) is 0 Å². The highest BCUT2D eigenvalue weighted by atomic mass is 16.5. The monoisotopic (exact) mass is 828 g/mol. The summed E-state index contributed by atoms with van der Waals surface area (Å²) in [4.78, 5) is 16.0. The van der Waals surface area contributed by atoms with Crippen molar-refractivity contribution in [2.45, 2.75) is 136 Å². The molecule has 5 aliphatic rings. The Kier molecular flexibility index (Phi) is 13.9. The number of carbonyl (C=O) groups excluding carboxylic acids is 1. The Labute approximate surface area is 366 Å². The molecule has 328 valence electrons.